The van der Waals surface area contributed by atoms with Gasteiger partial charge in [0.2, 0.25) is 5.91 Å². The van der Waals surface area contributed by atoms with Gasteiger partial charge in [-0.15, -0.1) is 11.3 Å². The fourth-order valence-corrected chi connectivity index (χ4v) is 4.20. The van der Waals surface area contributed by atoms with Gasteiger partial charge >= 0.3 is 0 Å². The van der Waals surface area contributed by atoms with Gasteiger partial charge in [0.1, 0.15) is 21.2 Å². The van der Waals surface area contributed by atoms with E-state index in [-0.39, 0.29) is 33.3 Å². The van der Waals surface area contributed by atoms with E-state index >= 15 is 0 Å². The molecule has 4 aromatic heterocycles. The van der Waals surface area contributed by atoms with Crippen molar-refractivity contribution in [1.82, 2.24) is 14.8 Å². The number of carbonyl (C=O) groups excluding carboxylic acids is 2. The summed E-state index contributed by atoms with van der Waals surface area (Å²) in [5, 5.41) is 7.15. The first-order valence-electron chi connectivity index (χ1n) is 9.22. The zero-order chi connectivity index (χ0) is 22.1. The van der Waals surface area contributed by atoms with Crippen LogP contribution in [0.25, 0.3) is 21.5 Å². The number of halogens is 2. The van der Waals surface area contributed by atoms with Gasteiger partial charge in [0.25, 0.3) is 12.3 Å². The second-order valence-electron chi connectivity index (χ2n) is 6.72. The number of aromatic nitrogens is 3. The maximum absolute atomic E-state index is 13.4. The van der Waals surface area contributed by atoms with Gasteiger partial charge in [-0.2, -0.15) is 5.10 Å². The summed E-state index contributed by atoms with van der Waals surface area (Å²) in [4.78, 5) is 28.8. The minimum atomic E-state index is -2.83. The Balaban J connectivity index is 1.77. The molecule has 0 radical (unpaired) electrons. The van der Waals surface area contributed by atoms with Crippen molar-refractivity contribution in [2.75, 3.05) is 5.32 Å². The number of fused-ring (bicyclic) bond motifs is 1. The van der Waals surface area contributed by atoms with Gasteiger partial charge in [0, 0.05) is 35.8 Å². The number of amides is 2. The average Bonchev–Trinajstić information content (AvgIpc) is 3.46. The molecular formula is C20H17F2N5O3S. The van der Waals surface area contributed by atoms with Gasteiger partial charge in [-0.3, -0.25) is 14.3 Å². The molecule has 2 amide bonds. The number of carbonyl (C=O) groups is 2. The molecule has 0 bridgehead atoms. The molecule has 31 heavy (non-hydrogen) atoms. The Kier molecular flexibility index (Phi) is 5.51. The number of alkyl halides is 2. The molecule has 0 aliphatic heterocycles. The Morgan fingerprint density at radius 1 is 1.35 bits per heavy atom. The molecule has 0 aliphatic rings. The number of nitrogens with two attached hydrogens (primary N) is 1. The summed E-state index contributed by atoms with van der Waals surface area (Å²) < 4.78 is 33.9. The van der Waals surface area contributed by atoms with Crippen molar-refractivity contribution in [2.24, 2.45) is 5.73 Å². The lowest BCUT2D eigenvalue weighted by Crippen LogP contribution is -2.18. The zero-order valence-electron chi connectivity index (χ0n) is 16.3. The Morgan fingerprint density at radius 3 is 2.77 bits per heavy atom. The number of primary amides is 1. The molecule has 160 valence electrons. The van der Waals surface area contributed by atoms with Crippen LogP contribution in [0, 0.1) is 6.92 Å². The van der Waals surface area contributed by atoms with Gasteiger partial charge in [0.15, 0.2) is 0 Å². The van der Waals surface area contributed by atoms with Crippen molar-refractivity contribution < 1.29 is 22.8 Å². The highest BCUT2D eigenvalue weighted by atomic mass is 32.1. The Hall–Kier alpha value is -3.60. The number of rotatable bonds is 7. The third kappa shape index (κ3) is 4.04. The van der Waals surface area contributed by atoms with Crippen molar-refractivity contribution in [3.8, 4) is 11.3 Å². The molecule has 0 spiro atoms. The molecule has 0 fully saturated rings. The molecule has 0 saturated carbocycles. The van der Waals surface area contributed by atoms with Crippen molar-refractivity contribution >= 4 is 39.1 Å². The first-order chi connectivity index (χ1) is 14.8. The van der Waals surface area contributed by atoms with E-state index in [1.165, 1.54) is 12.3 Å². The molecule has 0 atom stereocenters. The molecule has 0 aromatic carbocycles. The summed E-state index contributed by atoms with van der Waals surface area (Å²) in [6.45, 7) is 2.20. The summed E-state index contributed by atoms with van der Waals surface area (Å²) in [5.41, 5.74) is 6.35. The van der Waals surface area contributed by atoms with Crippen LogP contribution in [0.3, 0.4) is 0 Å². The molecule has 4 aromatic rings. The van der Waals surface area contributed by atoms with Crippen LogP contribution in [0.2, 0.25) is 0 Å². The molecule has 3 N–H and O–H groups in total. The number of hydrogen-bond donors (Lipinski definition) is 2. The highest BCUT2D eigenvalue weighted by Crippen LogP contribution is 2.42. The lowest BCUT2D eigenvalue weighted by Gasteiger charge is -2.10. The second kappa shape index (κ2) is 8.26. The van der Waals surface area contributed by atoms with E-state index in [1.807, 2.05) is 13.0 Å². The van der Waals surface area contributed by atoms with Gasteiger partial charge in [0.05, 0.1) is 12.0 Å². The maximum Gasteiger partial charge on any atom is 0.280 e. The quantitative estimate of drug-likeness (QED) is 0.444. The van der Waals surface area contributed by atoms with Gasteiger partial charge in [-0.1, -0.05) is 0 Å². The largest absolute Gasteiger partial charge is 0.464 e. The number of aryl methyl sites for hydroxylation is 2. The van der Waals surface area contributed by atoms with Crippen molar-refractivity contribution in [3.05, 3.63) is 53.0 Å². The van der Waals surface area contributed by atoms with E-state index in [0.29, 0.717) is 17.7 Å². The lowest BCUT2D eigenvalue weighted by atomic mass is 10.1. The highest BCUT2D eigenvalue weighted by molar-refractivity contribution is 7.21. The number of hydrogen-bond acceptors (Lipinski definition) is 6. The fraction of sp³-hybridized carbons (Fsp3) is 0.200. The van der Waals surface area contributed by atoms with E-state index in [4.69, 9.17) is 10.2 Å². The molecule has 0 aliphatic carbocycles. The van der Waals surface area contributed by atoms with Crippen LogP contribution in [0.4, 0.5) is 14.5 Å². The first-order valence-corrected chi connectivity index (χ1v) is 10.0. The molecule has 0 saturated heterocycles. The van der Waals surface area contributed by atoms with Gasteiger partial charge in [-0.05, 0) is 31.2 Å². The third-order valence-electron chi connectivity index (χ3n) is 4.66. The van der Waals surface area contributed by atoms with Crippen LogP contribution in [-0.2, 0) is 11.3 Å². The van der Waals surface area contributed by atoms with Crippen molar-refractivity contribution in [2.45, 2.75) is 26.3 Å². The number of thiophene rings is 1. The fourth-order valence-electron chi connectivity index (χ4n) is 3.19. The van der Waals surface area contributed by atoms with Crippen LogP contribution in [-0.4, -0.2) is 26.6 Å². The van der Waals surface area contributed by atoms with Crippen LogP contribution in [0.1, 0.15) is 33.9 Å². The third-order valence-corrected chi connectivity index (χ3v) is 5.76. The monoisotopic (exact) mass is 445 g/mol. The van der Waals surface area contributed by atoms with E-state index in [2.05, 4.69) is 15.4 Å². The van der Waals surface area contributed by atoms with Gasteiger partial charge < -0.3 is 15.5 Å². The molecule has 4 rings (SSSR count). The lowest BCUT2D eigenvalue weighted by molar-refractivity contribution is -0.116. The predicted octanol–water partition coefficient (Wildman–Crippen LogP) is 4.13. The number of nitrogens with one attached hydrogen (secondary N) is 1. The number of pyridine rings is 1. The van der Waals surface area contributed by atoms with Crippen molar-refractivity contribution in [1.29, 1.82) is 0 Å². The molecular weight excluding hydrogens is 428 g/mol. The summed E-state index contributed by atoms with van der Waals surface area (Å²) in [5.74, 6) is -0.892. The molecule has 11 heteroatoms. The van der Waals surface area contributed by atoms with Crippen molar-refractivity contribution in [3.63, 3.8) is 0 Å². The highest BCUT2D eigenvalue weighted by Gasteiger charge is 2.25. The van der Waals surface area contributed by atoms with E-state index in [1.54, 1.807) is 23.0 Å². The minimum absolute atomic E-state index is 0.0188. The normalized spacial score (nSPS) is 11.4. The molecule has 0 unspecified atom stereocenters. The Morgan fingerprint density at radius 2 is 2.16 bits per heavy atom. The summed E-state index contributed by atoms with van der Waals surface area (Å²) in [6.07, 6.45) is 0.284. The number of furan rings is 1. The summed E-state index contributed by atoms with van der Waals surface area (Å²) in [7, 11) is 0. The summed E-state index contributed by atoms with van der Waals surface area (Å²) >= 11 is 0.842. The van der Waals surface area contributed by atoms with Crippen LogP contribution in [0.5, 0.6) is 0 Å². The van der Waals surface area contributed by atoms with E-state index in [0.717, 1.165) is 17.0 Å². The molecule has 4 heterocycles. The van der Waals surface area contributed by atoms with E-state index in [9.17, 15) is 18.4 Å². The van der Waals surface area contributed by atoms with E-state index < -0.39 is 18.0 Å². The average molecular weight is 445 g/mol. The topological polar surface area (TPSA) is 116 Å². The minimum Gasteiger partial charge on any atom is -0.464 e. The standard InChI is InChI=1S/C20H17F2N5O3S/c1-10-4-6-24-27(10)7-5-14(28)26-16-15-11(13-3-2-8-30-13)9-12(18(21)22)25-20(15)31-17(16)19(23)29/h2-4,6,8-9,18H,5,7H2,1H3,(H2,23,29)(H,26,28). The Bertz CT molecular complexity index is 1260. The number of nitrogens with zero attached hydrogens (tertiary/aromatic N) is 3. The summed E-state index contributed by atoms with van der Waals surface area (Å²) in [6, 6.07) is 6.21. The Labute approximate surface area is 178 Å². The molecule has 8 nitrogen and oxygen atoms in total. The smallest absolute Gasteiger partial charge is 0.280 e. The van der Waals surface area contributed by atoms with Gasteiger partial charge in [-0.25, -0.2) is 13.8 Å². The first kappa shape index (κ1) is 20.7. The van der Waals surface area contributed by atoms with Crippen LogP contribution < -0.4 is 11.1 Å². The van der Waals surface area contributed by atoms with Crippen LogP contribution >= 0.6 is 11.3 Å². The zero-order valence-corrected chi connectivity index (χ0v) is 17.1. The SMILES string of the molecule is Cc1ccnn1CCC(=O)Nc1c(C(N)=O)sc2nc(C(F)F)cc(-c3ccco3)c12. The predicted molar refractivity (Wildman–Crippen MR) is 111 cm³/mol. The number of anilines is 1. The maximum atomic E-state index is 13.4. The second-order valence-corrected chi connectivity index (χ2v) is 7.72. The van der Waals surface area contributed by atoms with Crippen LogP contribution in [0.15, 0.2) is 41.1 Å².